The van der Waals surface area contributed by atoms with Crippen molar-refractivity contribution in [3.05, 3.63) is 23.8 Å². The van der Waals surface area contributed by atoms with E-state index in [1.165, 1.54) is 6.08 Å². The van der Waals surface area contributed by atoms with E-state index in [1.54, 1.807) is 6.07 Å². The van der Waals surface area contributed by atoms with Crippen LogP contribution in [0.1, 0.15) is 12.0 Å². The van der Waals surface area contributed by atoms with Crippen LogP contribution in [0.2, 0.25) is 0 Å². The van der Waals surface area contributed by atoms with Crippen molar-refractivity contribution in [2.75, 3.05) is 6.61 Å². The number of aliphatic imine (C=N–C) groups is 1. The topological polar surface area (TPSA) is 38.7 Å². The van der Waals surface area contributed by atoms with Crippen molar-refractivity contribution in [3.8, 4) is 5.75 Å². The van der Waals surface area contributed by atoms with Gasteiger partial charge in [0.1, 0.15) is 11.4 Å². The van der Waals surface area contributed by atoms with Crippen LogP contribution in [0.3, 0.4) is 0 Å². The van der Waals surface area contributed by atoms with Crippen LogP contribution in [0.15, 0.2) is 23.2 Å². The van der Waals surface area contributed by atoms with E-state index in [-0.39, 0.29) is 0 Å². The Bertz CT molecular complexity index is 367. The van der Waals surface area contributed by atoms with Crippen LogP contribution in [0, 0.1) is 0 Å². The summed E-state index contributed by atoms with van der Waals surface area (Å²) in [5.74, 6) is 0.747. The van der Waals surface area contributed by atoms with E-state index in [1.807, 2.05) is 12.1 Å². The Kier molecular flexibility index (Phi) is 2.11. The van der Waals surface area contributed by atoms with Crippen molar-refractivity contribution in [2.45, 2.75) is 12.8 Å². The van der Waals surface area contributed by atoms with Crippen molar-refractivity contribution >= 4 is 11.8 Å². The summed E-state index contributed by atoms with van der Waals surface area (Å²) in [6.45, 7) is 0.707. The minimum atomic E-state index is 0.590. The largest absolute Gasteiger partial charge is 0.491 e. The molecule has 2 rings (SSSR count). The Morgan fingerprint density at radius 2 is 2.38 bits per heavy atom. The van der Waals surface area contributed by atoms with Crippen LogP contribution in [0.5, 0.6) is 5.75 Å². The molecule has 3 nitrogen and oxygen atoms in total. The summed E-state index contributed by atoms with van der Waals surface area (Å²) in [6.07, 6.45) is 3.56. The molecular formula is C10H9NO2. The Labute approximate surface area is 76.1 Å². The monoisotopic (exact) mass is 175 g/mol. The lowest BCUT2D eigenvalue weighted by Crippen LogP contribution is -2.07. The van der Waals surface area contributed by atoms with Crippen molar-refractivity contribution < 1.29 is 9.53 Å². The molecule has 0 saturated carbocycles. The van der Waals surface area contributed by atoms with E-state index in [0.29, 0.717) is 12.3 Å². The van der Waals surface area contributed by atoms with Crippen LogP contribution in [0.25, 0.3) is 0 Å². The summed E-state index contributed by atoms with van der Waals surface area (Å²) in [4.78, 5) is 13.7. The molecule has 0 aliphatic carbocycles. The van der Waals surface area contributed by atoms with E-state index in [4.69, 9.17) is 4.74 Å². The molecule has 0 bridgehead atoms. The fourth-order valence-corrected chi connectivity index (χ4v) is 1.51. The van der Waals surface area contributed by atoms with Crippen LogP contribution >= 0.6 is 0 Å². The van der Waals surface area contributed by atoms with Crippen LogP contribution in [-0.4, -0.2) is 12.7 Å². The summed E-state index contributed by atoms with van der Waals surface area (Å²) in [5.41, 5.74) is 1.72. The van der Waals surface area contributed by atoms with Gasteiger partial charge < -0.3 is 4.74 Å². The van der Waals surface area contributed by atoms with Gasteiger partial charge in [-0.2, -0.15) is 4.99 Å². The Balaban J connectivity index is 2.51. The zero-order chi connectivity index (χ0) is 9.10. The number of hydrogen-bond acceptors (Lipinski definition) is 3. The zero-order valence-electron chi connectivity index (χ0n) is 7.12. The van der Waals surface area contributed by atoms with E-state index in [2.05, 4.69) is 4.99 Å². The van der Waals surface area contributed by atoms with E-state index in [9.17, 15) is 4.79 Å². The van der Waals surface area contributed by atoms with Gasteiger partial charge in [0.15, 0.2) is 0 Å². The van der Waals surface area contributed by atoms with Gasteiger partial charge >= 0.3 is 0 Å². The average molecular weight is 175 g/mol. The second-order valence-corrected chi connectivity index (χ2v) is 2.92. The lowest BCUT2D eigenvalue weighted by Gasteiger charge is -2.17. The smallest absolute Gasteiger partial charge is 0.240 e. The SMILES string of the molecule is O=C=Nc1cccc2c1OCCC2. The van der Waals surface area contributed by atoms with Gasteiger partial charge in [-0.25, -0.2) is 4.79 Å². The van der Waals surface area contributed by atoms with Gasteiger partial charge in [-0.05, 0) is 24.5 Å². The molecule has 1 aliphatic rings. The Hall–Kier alpha value is -1.60. The minimum Gasteiger partial charge on any atom is -0.491 e. The van der Waals surface area contributed by atoms with Gasteiger partial charge in [0.25, 0.3) is 0 Å². The third-order valence-electron chi connectivity index (χ3n) is 2.08. The first-order chi connectivity index (χ1) is 6.42. The fraction of sp³-hybridized carbons (Fsp3) is 0.300. The van der Waals surface area contributed by atoms with Gasteiger partial charge in [-0.1, -0.05) is 12.1 Å². The maximum absolute atomic E-state index is 10.1. The highest BCUT2D eigenvalue weighted by Gasteiger charge is 2.13. The first-order valence-electron chi connectivity index (χ1n) is 4.24. The summed E-state index contributed by atoms with van der Waals surface area (Å²) in [6, 6.07) is 5.64. The van der Waals surface area contributed by atoms with Crippen LogP contribution in [0.4, 0.5) is 5.69 Å². The standard InChI is InChI=1S/C10H9NO2/c12-7-11-9-5-1-3-8-4-2-6-13-10(8)9/h1,3,5H,2,4,6H2. The quantitative estimate of drug-likeness (QED) is 0.483. The highest BCUT2D eigenvalue weighted by atomic mass is 16.5. The number of benzene rings is 1. The van der Waals surface area contributed by atoms with E-state index < -0.39 is 0 Å². The molecule has 0 atom stereocenters. The number of nitrogens with zero attached hydrogens (tertiary/aromatic N) is 1. The Morgan fingerprint density at radius 3 is 3.23 bits per heavy atom. The number of aryl methyl sites for hydroxylation is 1. The van der Waals surface area contributed by atoms with Crippen molar-refractivity contribution in [1.82, 2.24) is 0 Å². The summed E-state index contributed by atoms with van der Waals surface area (Å²) in [7, 11) is 0. The molecule has 66 valence electrons. The first-order valence-corrected chi connectivity index (χ1v) is 4.24. The van der Waals surface area contributed by atoms with E-state index >= 15 is 0 Å². The molecule has 0 unspecified atom stereocenters. The number of fused-ring (bicyclic) bond motifs is 1. The molecule has 1 aliphatic heterocycles. The molecule has 0 amide bonds. The molecule has 1 aromatic carbocycles. The highest BCUT2D eigenvalue weighted by Crippen LogP contribution is 2.34. The lowest BCUT2D eigenvalue weighted by atomic mass is 10.1. The van der Waals surface area contributed by atoms with Crippen LogP contribution in [-0.2, 0) is 11.2 Å². The minimum absolute atomic E-state index is 0.590. The summed E-state index contributed by atoms with van der Waals surface area (Å²) < 4.78 is 5.43. The predicted molar refractivity (Wildman–Crippen MR) is 48.0 cm³/mol. The second kappa shape index (κ2) is 3.42. The van der Waals surface area contributed by atoms with Crippen molar-refractivity contribution in [2.24, 2.45) is 4.99 Å². The molecule has 0 fully saturated rings. The Morgan fingerprint density at radius 1 is 1.46 bits per heavy atom. The number of hydrogen-bond donors (Lipinski definition) is 0. The maximum atomic E-state index is 10.1. The summed E-state index contributed by atoms with van der Waals surface area (Å²) >= 11 is 0. The first kappa shape index (κ1) is 8.02. The zero-order valence-corrected chi connectivity index (χ0v) is 7.12. The number of para-hydroxylation sites is 1. The average Bonchev–Trinajstić information content (AvgIpc) is 2.19. The van der Waals surface area contributed by atoms with Crippen LogP contribution < -0.4 is 4.74 Å². The molecule has 13 heavy (non-hydrogen) atoms. The molecule has 0 aromatic heterocycles. The highest BCUT2D eigenvalue weighted by molar-refractivity contribution is 5.61. The van der Waals surface area contributed by atoms with Gasteiger partial charge in [-0.3, -0.25) is 0 Å². The molecule has 1 heterocycles. The number of isocyanates is 1. The van der Waals surface area contributed by atoms with E-state index in [0.717, 1.165) is 24.2 Å². The normalized spacial score (nSPS) is 13.8. The third-order valence-corrected chi connectivity index (χ3v) is 2.08. The molecule has 0 saturated heterocycles. The van der Waals surface area contributed by atoms with Gasteiger partial charge in [0.05, 0.1) is 6.61 Å². The molecular weight excluding hydrogens is 166 g/mol. The number of carbonyl (C=O) groups excluding carboxylic acids is 1. The predicted octanol–water partition coefficient (Wildman–Crippen LogP) is 1.98. The molecule has 3 heteroatoms. The van der Waals surface area contributed by atoms with Crippen molar-refractivity contribution in [1.29, 1.82) is 0 Å². The number of ether oxygens (including phenoxy) is 1. The number of rotatable bonds is 1. The third kappa shape index (κ3) is 1.46. The lowest BCUT2D eigenvalue weighted by molar-refractivity contribution is 0.289. The van der Waals surface area contributed by atoms with Gasteiger partial charge in [0, 0.05) is 0 Å². The molecule has 0 spiro atoms. The van der Waals surface area contributed by atoms with Crippen molar-refractivity contribution in [3.63, 3.8) is 0 Å². The molecule has 0 radical (unpaired) electrons. The summed E-state index contributed by atoms with van der Waals surface area (Å²) in [5, 5.41) is 0. The maximum Gasteiger partial charge on any atom is 0.240 e. The van der Waals surface area contributed by atoms with Gasteiger partial charge in [0.2, 0.25) is 6.08 Å². The fourth-order valence-electron chi connectivity index (χ4n) is 1.51. The second-order valence-electron chi connectivity index (χ2n) is 2.92. The molecule has 0 N–H and O–H groups in total. The molecule has 1 aromatic rings. The van der Waals surface area contributed by atoms with Gasteiger partial charge in [-0.15, -0.1) is 0 Å².